The fourth-order valence-corrected chi connectivity index (χ4v) is 2.41. The summed E-state index contributed by atoms with van der Waals surface area (Å²) >= 11 is 0. The lowest BCUT2D eigenvalue weighted by Gasteiger charge is -2.15. The maximum Gasteiger partial charge on any atom is 0.270 e. The number of rotatable bonds is 5. The molecule has 1 aromatic carbocycles. The Hall–Kier alpha value is -2.15. The van der Waals surface area contributed by atoms with Gasteiger partial charge in [0.15, 0.2) is 0 Å². The number of nitrogens with zero attached hydrogens (tertiary/aromatic N) is 1. The van der Waals surface area contributed by atoms with Gasteiger partial charge in [-0.05, 0) is 19.4 Å². The first-order valence-corrected chi connectivity index (χ1v) is 6.89. The van der Waals surface area contributed by atoms with Crippen molar-refractivity contribution in [2.24, 2.45) is 5.92 Å². The number of hydrogen-bond acceptors (Lipinski definition) is 5. The molecule has 1 aliphatic heterocycles. The third-order valence-electron chi connectivity index (χ3n) is 3.79. The van der Waals surface area contributed by atoms with Crippen LogP contribution in [0.25, 0.3) is 0 Å². The largest absolute Gasteiger partial charge is 0.387 e. The molecule has 0 spiro atoms. The van der Waals surface area contributed by atoms with Crippen molar-refractivity contribution >= 4 is 17.3 Å². The summed E-state index contributed by atoms with van der Waals surface area (Å²) in [7, 11) is 1.67. The smallest absolute Gasteiger partial charge is 0.270 e. The molecule has 2 rings (SSSR count). The van der Waals surface area contributed by atoms with Gasteiger partial charge >= 0.3 is 0 Å². The first kappa shape index (κ1) is 15.2. The van der Waals surface area contributed by atoms with Gasteiger partial charge in [0.1, 0.15) is 0 Å². The predicted octanol–water partition coefficient (Wildman–Crippen LogP) is 1.79. The number of anilines is 1. The van der Waals surface area contributed by atoms with Crippen LogP contribution >= 0.6 is 0 Å². The van der Waals surface area contributed by atoms with E-state index in [9.17, 15) is 14.9 Å². The van der Waals surface area contributed by atoms with Crippen molar-refractivity contribution in [3.8, 4) is 0 Å². The van der Waals surface area contributed by atoms with Crippen LogP contribution in [-0.4, -0.2) is 37.1 Å². The monoisotopic (exact) mass is 293 g/mol. The number of hydrogen-bond donors (Lipinski definition) is 2. The Morgan fingerprint density at radius 2 is 2.29 bits per heavy atom. The fraction of sp³-hybridized carbons (Fsp3) is 0.500. The minimum Gasteiger partial charge on any atom is -0.387 e. The van der Waals surface area contributed by atoms with Crippen LogP contribution in [0.15, 0.2) is 18.2 Å². The summed E-state index contributed by atoms with van der Waals surface area (Å²) in [6.07, 6.45) is 1.04. The summed E-state index contributed by atoms with van der Waals surface area (Å²) in [5.74, 6) is -0.0344. The zero-order valence-corrected chi connectivity index (χ0v) is 12.1. The van der Waals surface area contributed by atoms with E-state index in [2.05, 4.69) is 10.6 Å². The minimum absolute atomic E-state index is 0.100. The zero-order valence-electron chi connectivity index (χ0n) is 12.1. The molecule has 2 unspecified atom stereocenters. The van der Waals surface area contributed by atoms with E-state index in [0.717, 1.165) is 6.42 Å². The minimum atomic E-state index is -0.511. The van der Waals surface area contributed by atoms with Gasteiger partial charge in [-0.3, -0.25) is 14.9 Å². The summed E-state index contributed by atoms with van der Waals surface area (Å²) in [4.78, 5) is 22.6. The molecular weight excluding hydrogens is 274 g/mol. The molecule has 7 heteroatoms. The fourth-order valence-electron chi connectivity index (χ4n) is 2.41. The summed E-state index contributed by atoms with van der Waals surface area (Å²) in [5.41, 5.74) is 0.740. The summed E-state index contributed by atoms with van der Waals surface area (Å²) in [6.45, 7) is 3.20. The highest BCUT2D eigenvalue weighted by Crippen LogP contribution is 2.23. The van der Waals surface area contributed by atoms with E-state index in [1.807, 2.05) is 6.92 Å². The maximum absolute atomic E-state index is 12.2. The molecule has 0 bridgehead atoms. The van der Waals surface area contributed by atoms with Crippen LogP contribution in [0.4, 0.5) is 11.4 Å². The van der Waals surface area contributed by atoms with Gasteiger partial charge in [-0.15, -0.1) is 0 Å². The van der Waals surface area contributed by atoms with Crippen molar-refractivity contribution < 1.29 is 14.5 Å². The van der Waals surface area contributed by atoms with Crippen molar-refractivity contribution in [1.82, 2.24) is 5.32 Å². The standard InChI is InChI=1S/C14H19N3O4/c1-9-10(5-6-21-9)8-16-14(18)12-7-11(17(19)20)3-4-13(12)15-2/h3-4,7,9-10,15H,5-6,8H2,1-2H3,(H,16,18). The van der Waals surface area contributed by atoms with Crippen molar-refractivity contribution in [3.63, 3.8) is 0 Å². The Kier molecular flexibility index (Phi) is 4.74. The zero-order chi connectivity index (χ0) is 15.4. The van der Waals surface area contributed by atoms with E-state index in [4.69, 9.17) is 4.74 Å². The molecule has 1 aliphatic rings. The van der Waals surface area contributed by atoms with Crippen LogP contribution in [0.3, 0.4) is 0 Å². The third-order valence-corrected chi connectivity index (χ3v) is 3.79. The van der Waals surface area contributed by atoms with Gasteiger partial charge in [0, 0.05) is 43.9 Å². The van der Waals surface area contributed by atoms with Gasteiger partial charge in [0.2, 0.25) is 0 Å². The second kappa shape index (κ2) is 6.53. The lowest BCUT2D eigenvalue weighted by Crippen LogP contribution is -2.32. The number of nitrogens with one attached hydrogen (secondary N) is 2. The van der Waals surface area contributed by atoms with E-state index in [1.54, 1.807) is 7.05 Å². The van der Waals surface area contributed by atoms with Crippen LogP contribution in [0, 0.1) is 16.0 Å². The lowest BCUT2D eigenvalue weighted by molar-refractivity contribution is -0.384. The van der Waals surface area contributed by atoms with Crippen molar-refractivity contribution in [2.75, 3.05) is 25.5 Å². The van der Waals surface area contributed by atoms with Gasteiger partial charge in [-0.1, -0.05) is 0 Å². The van der Waals surface area contributed by atoms with E-state index in [1.165, 1.54) is 18.2 Å². The highest BCUT2D eigenvalue weighted by Gasteiger charge is 2.25. The quantitative estimate of drug-likeness (QED) is 0.637. The molecule has 21 heavy (non-hydrogen) atoms. The SMILES string of the molecule is CNc1ccc([N+](=O)[O-])cc1C(=O)NCC1CCOC1C. The van der Waals surface area contributed by atoms with Crippen molar-refractivity contribution in [1.29, 1.82) is 0 Å². The number of ether oxygens (including phenoxy) is 1. The molecule has 0 saturated carbocycles. The Bertz CT molecular complexity index is 547. The Morgan fingerprint density at radius 1 is 1.52 bits per heavy atom. The highest BCUT2D eigenvalue weighted by atomic mass is 16.6. The van der Waals surface area contributed by atoms with Crippen molar-refractivity contribution in [3.05, 3.63) is 33.9 Å². The highest BCUT2D eigenvalue weighted by molar-refractivity contribution is 6.00. The van der Waals surface area contributed by atoms with Gasteiger partial charge in [0.25, 0.3) is 11.6 Å². The van der Waals surface area contributed by atoms with Gasteiger partial charge in [-0.2, -0.15) is 0 Å². The average Bonchev–Trinajstić information content (AvgIpc) is 2.89. The second-order valence-electron chi connectivity index (χ2n) is 5.07. The number of carbonyl (C=O) groups excluding carboxylic acids is 1. The topological polar surface area (TPSA) is 93.5 Å². The Morgan fingerprint density at radius 3 is 2.86 bits per heavy atom. The molecule has 1 fully saturated rings. The Labute approximate surface area is 122 Å². The molecule has 1 heterocycles. The maximum atomic E-state index is 12.2. The lowest BCUT2D eigenvalue weighted by atomic mass is 10.0. The summed E-state index contributed by atoms with van der Waals surface area (Å²) < 4.78 is 5.45. The number of non-ortho nitro benzene ring substituents is 1. The van der Waals surface area contributed by atoms with Gasteiger partial charge < -0.3 is 15.4 Å². The average molecular weight is 293 g/mol. The molecule has 114 valence electrons. The molecule has 1 aromatic rings. The van der Waals surface area contributed by atoms with Gasteiger partial charge in [0.05, 0.1) is 16.6 Å². The molecule has 7 nitrogen and oxygen atoms in total. The molecule has 2 atom stereocenters. The van der Waals surface area contributed by atoms with Crippen LogP contribution in [0.1, 0.15) is 23.7 Å². The Balaban J connectivity index is 2.10. The predicted molar refractivity (Wildman–Crippen MR) is 78.5 cm³/mol. The normalized spacial score (nSPS) is 21.0. The molecule has 0 aliphatic carbocycles. The van der Waals surface area contributed by atoms with E-state index < -0.39 is 4.92 Å². The van der Waals surface area contributed by atoms with E-state index >= 15 is 0 Å². The number of benzene rings is 1. The van der Waals surface area contributed by atoms with Crippen molar-refractivity contribution in [2.45, 2.75) is 19.4 Å². The summed E-state index contributed by atoms with van der Waals surface area (Å²) in [6, 6.07) is 4.19. The van der Waals surface area contributed by atoms with Crippen LogP contribution in [0.5, 0.6) is 0 Å². The number of amides is 1. The molecule has 1 saturated heterocycles. The second-order valence-corrected chi connectivity index (χ2v) is 5.07. The van der Waals surface area contributed by atoms with E-state index in [-0.39, 0.29) is 29.2 Å². The molecule has 2 N–H and O–H groups in total. The number of nitro groups is 1. The van der Waals surface area contributed by atoms with Gasteiger partial charge in [-0.25, -0.2) is 0 Å². The summed E-state index contributed by atoms with van der Waals surface area (Å²) in [5, 5.41) is 16.5. The molecule has 0 radical (unpaired) electrons. The van der Waals surface area contributed by atoms with Crippen LogP contribution in [0.2, 0.25) is 0 Å². The first-order valence-electron chi connectivity index (χ1n) is 6.89. The molecule has 0 aromatic heterocycles. The number of carbonyl (C=O) groups is 1. The van der Waals surface area contributed by atoms with E-state index in [0.29, 0.717) is 18.8 Å². The number of nitro benzene ring substituents is 1. The third kappa shape index (κ3) is 3.49. The molecular formula is C14H19N3O4. The molecule has 1 amide bonds. The first-order chi connectivity index (χ1) is 10.0. The van der Waals surface area contributed by atoms with Crippen LogP contribution < -0.4 is 10.6 Å². The van der Waals surface area contributed by atoms with Crippen LogP contribution in [-0.2, 0) is 4.74 Å².